The van der Waals surface area contributed by atoms with Crippen molar-refractivity contribution in [2.24, 2.45) is 0 Å². The lowest BCUT2D eigenvalue weighted by atomic mass is 10.2. The van der Waals surface area contributed by atoms with Crippen LogP contribution >= 0.6 is 15.9 Å². The summed E-state index contributed by atoms with van der Waals surface area (Å²) in [4.78, 5) is 11.6. The van der Waals surface area contributed by atoms with Crippen LogP contribution < -0.4 is 5.32 Å². The summed E-state index contributed by atoms with van der Waals surface area (Å²) < 4.78 is 27.5. The number of sulfone groups is 1. The third kappa shape index (κ3) is 5.61. The number of carbonyl (C=O) groups is 1. The van der Waals surface area contributed by atoms with E-state index in [-0.39, 0.29) is 5.75 Å². The number of benzene rings is 1. The molecule has 5 nitrogen and oxygen atoms in total. The smallest absolute Gasteiger partial charge is 0.340 e. The van der Waals surface area contributed by atoms with Crippen LogP contribution in [0.3, 0.4) is 0 Å². The van der Waals surface area contributed by atoms with Crippen LogP contribution in [-0.4, -0.2) is 40.1 Å². The number of hydrogen-bond acceptors (Lipinski definition) is 5. The van der Waals surface area contributed by atoms with Gasteiger partial charge >= 0.3 is 5.97 Å². The molecule has 0 heterocycles. The van der Waals surface area contributed by atoms with Gasteiger partial charge in [0.15, 0.2) is 0 Å². The maximum absolute atomic E-state index is 11.6. The molecule has 19 heavy (non-hydrogen) atoms. The Balaban J connectivity index is 2.70. The number of hydrogen-bond donors (Lipinski definition) is 1. The van der Waals surface area contributed by atoms with Crippen LogP contribution in [-0.2, 0) is 14.6 Å². The number of ether oxygens (including phenoxy) is 1. The quantitative estimate of drug-likeness (QED) is 0.628. The van der Waals surface area contributed by atoms with E-state index in [0.717, 1.165) is 4.47 Å². The lowest BCUT2D eigenvalue weighted by Gasteiger charge is -2.11. The lowest BCUT2D eigenvalue weighted by Crippen LogP contribution is -2.12. The molecule has 0 saturated heterocycles. The fraction of sp³-hybridized carbons (Fsp3) is 0.417. The SMILES string of the molecule is COC(=O)c1cc(Br)ccc1NCCCS(C)(=O)=O. The molecule has 1 N–H and O–H groups in total. The van der Waals surface area contributed by atoms with Crippen LogP contribution in [0.15, 0.2) is 22.7 Å². The average Bonchev–Trinajstić information content (AvgIpc) is 2.33. The highest BCUT2D eigenvalue weighted by molar-refractivity contribution is 9.10. The van der Waals surface area contributed by atoms with E-state index in [1.807, 2.05) is 0 Å². The van der Waals surface area contributed by atoms with E-state index in [1.54, 1.807) is 18.2 Å². The van der Waals surface area contributed by atoms with E-state index < -0.39 is 15.8 Å². The van der Waals surface area contributed by atoms with Crippen LogP contribution in [0.5, 0.6) is 0 Å². The molecule has 0 aliphatic rings. The molecule has 0 amide bonds. The Kier molecular flexibility index (Phi) is 5.81. The number of methoxy groups -OCH3 is 1. The second-order valence-corrected chi connectivity index (χ2v) is 7.27. The van der Waals surface area contributed by atoms with Gasteiger partial charge in [0.25, 0.3) is 0 Å². The highest BCUT2D eigenvalue weighted by Crippen LogP contribution is 2.21. The van der Waals surface area contributed by atoms with Crippen molar-refractivity contribution in [1.29, 1.82) is 0 Å². The number of rotatable bonds is 6. The van der Waals surface area contributed by atoms with Gasteiger partial charge in [-0.3, -0.25) is 0 Å². The molecular formula is C12H16BrNO4S. The van der Waals surface area contributed by atoms with Crippen molar-refractivity contribution in [3.63, 3.8) is 0 Å². The van der Waals surface area contributed by atoms with E-state index in [4.69, 9.17) is 4.74 Å². The predicted octanol–water partition coefficient (Wildman–Crippen LogP) is 2.08. The van der Waals surface area contributed by atoms with Gasteiger partial charge in [0.2, 0.25) is 0 Å². The van der Waals surface area contributed by atoms with Crippen LogP contribution in [0.1, 0.15) is 16.8 Å². The van der Waals surface area contributed by atoms with Gasteiger partial charge in [0.05, 0.1) is 18.4 Å². The zero-order chi connectivity index (χ0) is 14.5. The summed E-state index contributed by atoms with van der Waals surface area (Å²) in [7, 11) is -1.64. The minimum Gasteiger partial charge on any atom is -0.465 e. The molecule has 1 aromatic rings. The van der Waals surface area contributed by atoms with E-state index in [9.17, 15) is 13.2 Å². The van der Waals surface area contributed by atoms with Gasteiger partial charge in [0.1, 0.15) is 9.84 Å². The molecule has 1 rings (SSSR count). The van der Waals surface area contributed by atoms with Gasteiger partial charge in [-0.15, -0.1) is 0 Å². The summed E-state index contributed by atoms with van der Waals surface area (Å²) in [6.07, 6.45) is 1.68. The van der Waals surface area contributed by atoms with Crippen molar-refractivity contribution in [3.8, 4) is 0 Å². The lowest BCUT2D eigenvalue weighted by molar-refractivity contribution is 0.0601. The van der Waals surface area contributed by atoms with E-state index in [1.165, 1.54) is 13.4 Å². The minimum atomic E-state index is -2.96. The molecule has 0 radical (unpaired) electrons. The first-order valence-electron chi connectivity index (χ1n) is 5.63. The van der Waals surface area contributed by atoms with Gasteiger partial charge < -0.3 is 10.1 Å². The Hall–Kier alpha value is -1.08. The maximum Gasteiger partial charge on any atom is 0.340 e. The molecule has 0 bridgehead atoms. The molecule has 0 aliphatic heterocycles. The summed E-state index contributed by atoms with van der Waals surface area (Å²) in [6.45, 7) is 0.471. The Bertz CT molecular complexity index is 557. The van der Waals surface area contributed by atoms with Gasteiger partial charge in [0, 0.05) is 23.0 Å². The molecule has 0 atom stereocenters. The summed E-state index contributed by atoms with van der Waals surface area (Å²) >= 11 is 3.29. The second-order valence-electron chi connectivity index (χ2n) is 4.09. The normalized spacial score (nSPS) is 11.1. The molecule has 0 fully saturated rings. The molecule has 0 spiro atoms. The summed E-state index contributed by atoms with van der Waals surface area (Å²) in [6, 6.07) is 5.20. The zero-order valence-corrected chi connectivity index (χ0v) is 13.2. The molecule has 0 aromatic heterocycles. The molecule has 106 valence electrons. The Labute approximate surface area is 121 Å². The standard InChI is InChI=1S/C12H16BrNO4S/c1-18-12(15)10-8-9(13)4-5-11(10)14-6-3-7-19(2,16)17/h4-5,8,14H,3,6-7H2,1-2H3. The Morgan fingerprint density at radius 2 is 2.11 bits per heavy atom. The molecule has 1 aromatic carbocycles. The summed E-state index contributed by atoms with van der Waals surface area (Å²) in [5.41, 5.74) is 1.04. The molecule has 0 aliphatic carbocycles. The van der Waals surface area contributed by atoms with Crippen molar-refractivity contribution in [3.05, 3.63) is 28.2 Å². The summed E-state index contributed by atoms with van der Waals surface area (Å²) in [5, 5.41) is 3.04. The number of nitrogens with one attached hydrogen (secondary N) is 1. The number of halogens is 1. The minimum absolute atomic E-state index is 0.115. The van der Waals surface area contributed by atoms with Crippen molar-refractivity contribution in [2.45, 2.75) is 6.42 Å². The highest BCUT2D eigenvalue weighted by atomic mass is 79.9. The zero-order valence-electron chi connectivity index (χ0n) is 10.8. The van der Waals surface area contributed by atoms with Crippen LogP contribution in [0.2, 0.25) is 0 Å². The summed E-state index contributed by atoms with van der Waals surface area (Å²) in [5.74, 6) is -0.323. The number of carbonyl (C=O) groups excluding carboxylic acids is 1. The van der Waals surface area contributed by atoms with E-state index in [2.05, 4.69) is 21.2 Å². The molecule has 0 unspecified atom stereocenters. The fourth-order valence-corrected chi connectivity index (χ4v) is 2.54. The van der Waals surface area contributed by atoms with Gasteiger partial charge in [-0.1, -0.05) is 15.9 Å². The molecular weight excluding hydrogens is 334 g/mol. The largest absolute Gasteiger partial charge is 0.465 e. The Morgan fingerprint density at radius 1 is 1.42 bits per heavy atom. The first-order chi connectivity index (χ1) is 8.83. The fourth-order valence-electron chi connectivity index (χ4n) is 1.51. The van der Waals surface area contributed by atoms with Crippen molar-refractivity contribution >= 4 is 37.4 Å². The molecule has 7 heteroatoms. The third-order valence-electron chi connectivity index (χ3n) is 2.39. The van der Waals surface area contributed by atoms with Gasteiger partial charge in [-0.2, -0.15) is 0 Å². The van der Waals surface area contributed by atoms with Crippen LogP contribution in [0, 0.1) is 0 Å². The number of esters is 1. The maximum atomic E-state index is 11.6. The van der Waals surface area contributed by atoms with Crippen molar-refractivity contribution < 1.29 is 17.9 Å². The van der Waals surface area contributed by atoms with Gasteiger partial charge in [-0.05, 0) is 24.6 Å². The van der Waals surface area contributed by atoms with Gasteiger partial charge in [-0.25, -0.2) is 13.2 Å². The molecule has 0 saturated carbocycles. The highest BCUT2D eigenvalue weighted by Gasteiger charge is 2.12. The van der Waals surface area contributed by atoms with Crippen LogP contribution in [0.25, 0.3) is 0 Å². The Morgan fingerprint density at radius 3 is 2.68 bits per heavy atom. The predicted molar refractivity (Wildman–Crippen MR) is 78.3 cm³/mol. The second kappa shape index (κ2) is 6.91. The topological polar surface area (TPSA) is 72.5 Å². The van der Waals surface area contributed by atoms with E-state index >= 15 is 0 Å². The van der Waals surface area contributed by atoms with Crippen molar-refractivity contribution in [1.82, 2.24) is 0 Å². The van der Waals surface area contributed by atoms with E-state index in [0.29, 0.717) is 24.2 Å². The van der Waals surface area contributed by atoms with Crippen molar-refractivity contribution in [2.75, 3.05) is 31.0 Å². The monoisotopic (exact) mass is 349 g/mol. The van der Waals surface area contributed by atoms with Crippen LogP contribution in [0.4, 0.5) is 5.69 Å². The third-order valence-corrected chi connectivity index (χ3v) is 3.92. The first kappa shape index (κ1) is 16.0. The average molecular weight is 350 g/mol. The number of anilines is 1. The first-order valence-corrected chi connectivity index (χ1v) is 8.48.